The zero-order valence-electron chi connectivity index (χ0n) is 12.7. The number of nitrogens with one attached hydrogen (secondary N) is 2. The molecule has 0 bridgehead atoms. The number of fused-ring (bicyclic) bond motifs is 1. The smallest absolute Gasteiger partial charge is 0.260 e. The van der Waals surface area contributed by atoms with E-state index in [4.69, 9.17) is 0 Å². The van der Waals surface area contributed by atoms with Crippen LogP contribution < -0.4 is 10.9 Å². The predicted molar refractivity (Wildman–Crippen MR) is 95.5 cm³/mol. The first-order valence-electron chi connectivity index (χ1n) is 7.00. The number of aromatic amines is 1. The van der Waals surface area contributed by atoms with Gasteiger partial charge in [-0.15, -0.1) is 11.3 Å². The first kappa shape index (κ1) is 15.8. The number of hydrogen-bond acceptors (Lipinski definition) is 5. The Hall–Kier alpha value is -2.12. The molecular formula is C16H15N3O2S2. The first-order chi connectivity index (χ1) is 11.0. The lowest BCUT2D eigenvalue weighted by Crippen LogP contribution is -2.15. The molecular weight excluding hydrogens is 330 g/mol. The topological polar surface area (TPSA) is 74.8 Å². The second-order valence-corrected chi connectivity index (χ2v) is 6.99. The molecule has 118 valence electrons. The summed E-state index contributed by atoms with van der Waals surface area (Å²) in [6, 6.07) is 7.60. The van der Waals surface area contributed by atoms with Gasteiger partial charge >= 0.3 is 0 Å². The maximum atomic E-state index is 12.0. The second kappa shape index (κ2) is 6.55. The van der Waals surface area contributed by atoms with Crippen molar-refractivity contribution in [1.29, 1.82) is 0 Å². The molecule has 0 spiro atoms. The van der Waals surface area contributed by atoms with Gasteiger partial charge in [0.2, 0.25) is 5.91 Å². The van der Waals surface area contributed by atoms with E-state index < -0.39 is 0 Å². The Labute approximate surface area is 141 Å². The minimum Gasteiger partial charge on any atom is -0.325 e. The molecule has 7 heteroatoms. The van der Waals surface area contributed by atoms with Gasteiger partial charge in [0.1, 0.15) is 4.83 Å². The molecule has 0 saturated carbocycles. The molecule has 0 atom stereocenters. The Morgan fingerprint density at radius 2 is 2.04 bits per heavy atom. The zero-order chi connectivity index (χ0) is 16.4. The molecule has 3 rings (SSSR count). The Kier molecular flexibility index (Phi) is 4.49. The van der Waals surface area contributed by atoms with Crippen molar-refractivity contribution in [3.05, 3.63) is 51.1 Å². The lowest BCUT2D eigenvalue weighted by molar-refractivity contribution is -0.113. The molecule has 0 saturated heterocycles. The number of aryl methyl sites for hydroxylation is 2. The van der Waals surface area contributed by atoms with Gasteiger partial charge in [-0.2, -0.15) is 0 Å². The number of thioether (sulfide) groups is 1. The highest BCUT2D eigenvalue weighted by atomic mass is 32.2. The maximum absolute atomic E-state index is 12.0. The van der Waals surface area contributed by atoms with E-state index in [1.54, 1.807) is 0 Å². The van der Waals surface area contributed by atoms with Crippen molar-refractivity contribution >= 4 is 44.9 Å². The van der Waals surface area contributed by atoms with Gasteiger partial charge in [0.05, 0.1) is 11.1 Å². The highest BCUT2D eigenvalue weighted by Crippen LogP contribution is 2.22. The molecule has 0 aliphatic heterocycles. The van der Waals surface area contributed by atoms with Crippen molar-refractivity contribution in [3.63, 3.8) is 0 Å². The molecule has 5 nitrogen and oxygen atoms in total. The number of carbonyl (C=O) groups excluding carboxylic acids is 1. The molecule has 0 unspecified atom stereocenters. The molecule has 0 aliphatic carbocycles. The number of benzene rings is 1. The summed E-state index contributed by atoms with van der Waals surface area (Å²) in [4.78, 5) is 31.8. The van der Waals surface area contributed by atoms with Crippen LogP contribution in [0.5, 0.6) is 0 Å². The van der Waals surface area contributed by atoms with Crippen LogP contribution in [0.25, 0.3) is 10.2 Å². The van der Waals surface area contributed by atoms with E-state index in [-0.39, 0.29) is 17.2 Å². The molecule has 2 aromatic heterocycles. The number of carbonyl (C=O) groups is 1. The zero-order valence-corrected chi connectivity index (χ0v) is 14.3. The molecule has 3 aromatic rings. The fourth-order valence-electron chi connectivity index (χ4n) is 2.11. The number of thiophene rings is 1. The predicted octanol–water partition coefficient (Wildman–Crippen LogP) is 3.33. The summed E-state index contributed by atoms with van der Waals surface area (Å²) in [7, 11) is 0. The second-order valence-electron chi connectivity index (χ2n) is 5.17. The van der Waals surface area contributed by atoms with Crippen molar-refractivity contribution in [1.82, 2.24) is 9.97 Å². The van der Waals surface area contributed by atoms with Gasteiger partial charge < -0.3 is 10.3 Å². The quantitative estimate of drug-likeness (QED) is 0.562. The van der Waals surface area contributed by atoms with Gasteiger partial charge in [-0.3, -0.25) is 9.59 Å². The first-order valence-corrected chi connectivity index (χ1v) is 8.87. The lowest BCUT2D eigenvalue weighted by atomic mass is 10.2. The molecule has 1 aromatic carbocycles. The van der Waals surface area contributed by atoms with E-state index in [1.165, 1.54) is 23.1 Å². The standard InChI is InChI=1S/C16H15N3O2S2/c1-9-3-5-11(6-4-9)17-12(20)8-23-16-18-14(21)13-10(2)7-22-15(13)19-16/h3-7H,8H2,1-2H3,(H,17,20)(H,18,19,21). The van der Waals surface area contributed by atoms with E-state index in [1.807, 2.05) is 43.5 Å². The van der Waals surface area contributed by atoms with Crippen molar-refractivity contribution in [2.45, 2.75) is 19.0 Å². The average Bonchev–Trinajstić information content (AvgIpc) is 2.89. The van der Waals surface area contributed by atoms with Crippen LogP contribution in [0.4, 0.5) is 5.69 Å². The van der Waals surface area contributed by atoms with Crippen LogP contribution in [-0.4, -0.2) is 21.6 Å². The van der Waals surface area contributed by atoms with Crippen molar-refractivity contribution in [2.24, 2.45) is 0 Å². The summed E-state index contributed by atoms with van der Waals surface area (Å²) in [5.41, 5.74) is 2.66. The van der Waals surface area contributed by atoms with Gasteiger partial charge in [0, 0.05) is 5.69 Å². The third-order valence-electron chi connectivity index (χ3n) is 3.28. The third-order valence-corrected chi connectivity index (χ3v) is 5.14. The summed E-state index contributed by atoms with van der Waals surface area (Å²) in [6.45, 7) is 3.88. The minimum absolute atomic E-state index is 0.135. The van der Waals surface area contributed by atoms with Gasteiger partial charge in [-0.1, -0.05) is 29.5 Å². The SMILES string of the molecule is Cc1ccc(NC(=O)CSc2nc3scc(C)c3c(=O)[nH]2)cc1. The maximum Gasteiger partial charge on any atom is 0.260 e. The van der Waals surface area contributed by atoms with E-state index in [0.29, 0.717) is 15.4 Å². The molecule has 0 fully saturated rings. The summed E-state index contributed by atoms with van der Waals surface area (Å²) in [5.74, 6) is 0.0520. The number of rotatable bonds is 4. The minimum atomic E-state index is -0.157. The summed E-state index contributed by atoms with van der Waals surface area (Å²) < 4.78 is 0. The van der Waals surface area contributed by atoms with Crippen LogP contribution in [0.1, 0.15) is 11.1 Å². The van der Waals surface area contributed by atoms with Gasteiger partial charge in [0.25, 0.3) is 5.56 Å². The molecule has 0 radical (unpaired) electrons. The lowest BCUT2D eigenvalue weighted by Gasteiger charge is -2.05. The number of hydrogen-bond donors (Lipinski definition) is 2. The number of aromatic nitrogens is 2. The van der Waals surface area contributed by atoms with Crippen LogP contribution in [0.3, 0.4) is 0 Å². The highest BCUT2D eigenvalue weighted by Gasteiger charge is 2.10. The molecule has 23 heavy (non-hydrogen) atoms. The van der Waals surface area contributed by atoms with Crippen LogP contribution in [0.15, 0.2) is 39.6 Å². The largest absolute Gasteiger partial charge is 0.325 e. The van der Waals surface area contributed by atoms with Crippen molar-refractivity contribution < 1.29 is 4.79 Å². The van der Waals surface area contributed by atoms with Gasteiger partial charge in [-0.25, -0.2) is 4.98 Å². The summed E-state index contributed by atoms with van der Waals surface area (Å²) in [6.07, 6.45) is 0. The number of amides is 1. The van der Waals surface area contributed by atoms with Gasteiger partial charge in [-0.05, 0) is 36.9 Å². The van der Waals surface area contributed by atoms with Crippen molar-refractivity contribution in [2.75, 3.05) is 11.1 Å². The molecule has 1 amide bonds. The monoisotopic (exact) mass is 345 g/mol. The van der Waals surface area contributed by atoms with E-state index in [2.05, 4.69) is 15.3 Å². The van der Waals surface area contributed by atoms with E-state index in [9.17, 15) is 9.59 Å². The highest BCUT2D eigenvalue weighted by molar-refractivity contribution is 7.99. The number of H-pyrrole nitrogens is 1. The Morgan fingerprint density at radius 3 is 2.78 bits per heavy atom. The van der Waals surface area contributed by atoms with Gasteiger partial charge in [0.15, 0.2) is 5.16 Å². The Balaban J connectivity index is 1.67. The van der Waals surface area contributed by atoms with E-state index in [0.717, 1.165) is 16.8 Å². The Morgan fingerprint density at radius 1 is 1.30 bits per heavy atom. The summed E-state index contributed by atoms with van der Waals surface area (Å²) >= 11 is 2.65. The average molecular weight is 345 g/mol. The molecule has 2 heterocycles. The normalized spacial score (nSPS) is 10.9. The summed E-state index contributed by atoms with van der Waals surface area (Å²) in [5, 5.41) is 5.82. The van der Waals surface area contributed by atoms with Crippen LogP contribution in [-0.2, 0) is 4.79 Å². The van der Waals surface area contributed by atoms with Crippen LogP contribution >= 0.6 is 23.1 Å². The molecule has 2 N–H and O–H groups in total. The van der Waals surface area contributed by atoms with E-state index >= 15 is 0 Å². The fourth-order valence-corrected chi connectivity index (χ4v) is 3.75. The number of nitrogens with zero attached hydrogens (tertiary/aromatic N) is 1. The molecule has 0 aliphatic rings. The van der Waals surface area contributed by atoms with Crippen LogP contribution in [0.2, 0.25) is 0 Å². The Bertz CT molecular complexity index is 913. The van der Waals surface area contributed by atoms with Crippen molar-refractivity contribution in [3.8, 4) is 0 Å². The number of anilines is 1. The fraction of sp³-hybridized carbons (Fsp3) is 0.188. The van der Waals surface area contributed by atoms with Crippen LogP contribution in [0, 0.1) is 13.8 Å². The third kappa shape index (κ3) is 3.62.